The van der Waals surface area contributed by atoms with Crippen molar-refractivity contribution in [3.05, 3.63) is 59.4 Å². The zero-order chi connectivity index (χ0) is 33.1. The molecule has 0 aliphatic heterocycles. The molecule has 2 aromatic heterocycles. The van der Waals surface area contributed by atoms with Gasteiger partial charge in [0.1, 0.15) is 16.2 Å². The number of hydrogen-bond donors (Lipinski definition) is 3. The highest BCUT2D eigenvalue weighted by Crippen LogP contribution is 2.33. The van der Waals surface area contributed by atoms with E-state index >= 15 is 0 Å². The minimum absolute atomic E-state index is 0.00859. The standard InChI is InChI=1S/C32H38ClN7O5S/c1-6-19-15-20(28-29(44-5)38-26(18-34-28)40-46(42,43)25-10-8-7-9-24(25)33)16-21-17-35-30(39-27(19)21)36-22-11-13-23(14-12-22)37-31(41)45-32(2,3)4/h7-10,15-18,22-23H,6,11-14H2,1-5H3,(H,37,41)(H,38,40)(H,35,36,39). The van der Waals surface area contributed by atoms with Gasteiger partial charge >= 0.3 is 6.09 Å². The maximum absolute atomic E-state index is 12.9. The second-order valence-electron chi connectivity index (χ2n) is 12.1. The molecule has 0 unspecified atom stereocenters. The maximum atomic E-state index is 12.9. The Bertz CT molecular complexity index is 1840. The lowest BCUT2D eigenvalue weighted by atomic mass is 9.91. The van der Waals surface area contributed by atoms with Crippen LogP contribution in [0.1, 0.15) is 58.9 Å². The molecular formula is C32H38ClN7O5S. The van der Waals surface area contributed by atoms with Crippen LogP contribution in [0, 0.1) is 0 Å². The van der Waals surface area contributed by atoms with Crippen LogP contribution in [-0.2, 0) is 21.2 Å². The van der Waals surface area contributed by atoms with Gasteiger partial charge < -0.3 is 20.1 Å². The molecule has 244 valence electrons. The lowest BCUT2D eigenvalue weighted by Crippen LogP contribution is -2.42. The Morgan fingerprint density at radius 1 is 1.02 bits per heavy atom. The van der Waals surface area contributed by atoms with Crippen LogP contribution in [-0.4, -0.2) is 59.2 Å². The number of benzene rings is 2. The van der Waals surface area contributed by atoms with Crippen molar-refractivity contribution in [3.8, 4) is 17.1 Å². The molecule has 46 heavy (non-hydrogen) atoms. The number of nitrogens with zero attached hydrogens (tertiary/aromatic N) is 4. The fourth-order valence-electron chi connectivity index (χ4n) is 5.35. The lowest BCUT2D eigenvalue weighted by molar-refractivity contribution is 0.0492. The molecule has 1 aliphatic rings. The van der Waals surface area contributed by atoms with Gasteiger partial charge in [-0.1, -0.05) is 30.7 Å². The average molecular weight is 668 g/mol. The van der Waals surface area contributed by atoms with Gasteiger partial charge in [0.2, 0.25) is 11.8 Å². The SMILES string of the molecule is CCc1cc(-c2ncc(NS(=O)(=O)c3ccccc3Cl)nc2OC)cc2cnc(NC3CCC(NC(=O)OC(C)(C)C)CC3)nc12. The van der Waals surface area contributed by atoms with E-state index < -0.39 is 15.6 Å². The number of rotatable bonds is 9. The summed E-state index contributed by atoms with van der Waals surface area (Å²) in [7, 11) is -2.55. The summed E-state index contributed by atoms with van der Waals surface area (Å²) in [5, 5.41) is 7.35. The van der Waals surface area contributed by atoms with Gasteiger partial charge in [-0.15, -0.1) is 0 Å². The minimum atomic E-state index is -4.00. The Morgan fingerprint density at radius 3 is 2.41 bits per heavy atom. The lowest BCUT2D eigenvalue weighted by Gasteiger charge is -2.30. The zero-order valence-electron chi connectivity index (χ0n) is 26.4. The number of aryl methyl sites for hydroxylation is 1. The van der Waals surface area contributed by atoms with Crippen molar-refractivity contribution < 1.29 is 22.7 Å². The third kappa shape index (κ3) is 7.94. The summed E-state index contributed by atoms with van der Waals surface area (Å²) in [5.41, 5.74) is 2.45. The number of anilines is 2. The van der Waals surface area contributed by atoms with Crippen LogP contribution < -0.4 is 20.1 Å². The predicted molar refractivity (Wildman–Crippen MR) is 178 cm³/mol. The highest BCUT2D eigenvalue weighted by Gasteiger charge is 2.26. The third-order valence-electron chi connectivity index (χ3n) is 7.50. The number of nitrogens with one attached hydrogen (secondary N) is 3. The number of methoxy groups -OCH3 is 1. The molecule has 1 aliphatic carbocycles. The largest absolute Gasteiger partial charge is 0.479 e. The van der Waals surface area contributed by atoms with Gasteiger partial charge in [-0.05, 0) is 82.7 Å². The molecule has 5 rings (SSSR count). The molecule has 4 aromatic rings. The number of ether oxygens (including phenoxy) is 2. The van der Waals surface area contributed by atoms with Crippen molar-refractivity contribution in [1.29, 1.82) is 0 Å². The summed E-state index contributed by atoms with van der Waals surface area (Å²) >= 11 is 6.10. The van der Waals surface area contributed by atoms with Crippen molar-refractivity contribution in [2.24, 2.45) is 0 Å². The third-order valence-corrected chi connectivity index (χ3v) is 9.35. The first-order chi connectivity index (χ1) is 21.8. The number of amides is 1. The van der Waals surface area contributed by atoms with Crippen molar-refractivity contribution in [2.45, 2.75) is 82.4 Å². The number of sulfonamides is 1. The summed E-state index contributed by atoms with van der Waals surface area (Å²) < 4.78 is 39.2. The molecule has 3 N–H and O–H groups in total. The fourth-order valence-corrected chi connectivity index (χ4v) is 6.86. The van der Waals surface area contributed by atoms with Crippen molar-refractivity contribution >= 4 is 50.4 Å². The number of alkyl carbamates (subject to hydrolysis) is 1. The molecule has 0 atom stereocenters. The Labute approximate surface area is 273 Å². The van der Waals surface area contributed by atoms with Gasteiger partial charge in [-0.2, -0.15) is 4.98 Å². The van der Waals surface area contributed by atoms with E-state index in [1.54, 1.807) is 18.3 Å². The molecule has 1 fully saturated rings. The molecule has 0 radical (unpaired) electrons. The van der Waals surface area contributed by atoms with Gasteiger partial charge in [0, 0.05) is 29.2 Å². The Kier molecular flexibility index (Phi) is 9.82. The summed E-state index contributed by atoms with van der Waals surface area (Å²) in [6.07, 6.45) is 6.82. The average Bonchev–Trinajstić information content (AvgIpc) is 3.00. The zero-order valence-corrected chi connectivity index (χ0v) is 28.0. The Balaban J connectivity index is 1.31. The Hall–Kier alpha value is -4.23. The van der Waals surface area contributed by atoms with E-state index in [-0.39, 0.29) is 39.8 Å². The molecular weight excluding hydrogens is 630 g/mol. The number of aromatic nitrogens is 4. The molecule has 12 nitrogen and oxygen atoms in total. The predicted octanol–water partition coefficient (Wildman–Crippen LogP) is 6.36. The van der Waals surface area contributed by atoms with Crippen molar-refractivity contribution in [2.75, 3.05) is 17.1 Å². The van der Waals surface area contributed by atoms with Crippen LogP contribution in [0.2, 0.25) is 5.02 Å². The second kappa shape index (κ2) is 13.6. The van der Waals surface area contributed by atoms with Gasteiger partial charge in [0.15, 0.2) is 5.82 Å². The van der Waals surface area contributed by atoms with Crippen LogP contribution in [0.25, 0.3) is 22.2 Å². The highest BCUT2D eigenvalue weighted by molar-refractivity contribution is 7.92. The quantitative estimate of drug-likeness (QED) is 0.183. The molecule has 0 saturated heterocycles. The van der Waals surface area contributed by atoms with Gasteiger partial charge in [0.05, 0.1) is 23.8 Å². The van der Waals surface area contributed by atoms with E-state index in [4.69, 9.17) is 26.1 Å². The van der Waals surface area contributed by atoms with Gasteiger partial charge in [-0.25, -0.2) is 28.2 Å². The number of fused-ring (bicyclic) bond motifs is 1. The number of carbonyl (C=O) groups is 1. The highest BCUT2D eigenvalue weighted by atomic mass is 35.5. The van der Waals surface area contributed by atoms with Crippen LogP contribution in [0.5, 0.6) is 5.88 Å². The Morgan fingerprint density at radius 2 is 1.74 bits per heavy atom. The van der Waals surface area contributed by atoms with Crippen LogP contribution in [0.4, 0.5) is 16.6 Å². The first-order valence-electron chi connectivity index (χ1n) is 15.1. The van der Waals surface area contributed by atoms with Crippen LogP contribution in [0.3, 0.4) is 0 Å². The van der Waals surface area contributed by atoms with Gasteiger partial charge in [0.25, 0.3) is 10.0 Å². The molecule has 0 bridgehead atoms. The summed E-state index contributed by atoms with van der Waals surface area (Å²) in [6, 6.07) is 10.3. The first-order valence-corrected chi connectivity index (χ1v) is 17.0. The maximum Gasteiger partial charge on any atom is 0.407 e. The molecule has 1 saturated carbocycles. The van der Waals surface area contributed by atoms with Crippen LogP contribution >= 0.6 is 11.6 Å². The fraction of sp³-hybridized carbons (Fsp3) is 0.406. The van der Waals surface area contributed by atoms with Crippen LogP contribution in [0.15, 0.2) is 53.7 Å². The van der Waals surface area contributed by atoms with E-state index in [2.05, 4.69) is 30.3 Å². The molecule has 1 amide bonds. The summed E-state index contributed by atoms with van der Waals surface area (Å²) in [5.74, 6) is 0.688. The summed E-state index contributed by atoms with van der Waals surface area (Å²) in [4.78, 5) is 30.4. The second-order valence-corrected chi connectivity index (χ2v) is 14.2. The smallest absolute Gasteiger partial charge is 0.407 e. The number of hydrogen-bond acceptors (Lipinski definition) is 10. The van der Waals surface area contributed by atoms with Gasteiger partial charge in [-0.3, -0.25) is 4.72 Å². The molecule has 2 heterocycles. The molecule has 0 spiro atoms. The topological polar surface area (TPSA) is 157 Å². The van der Waals surface area contributed by atoms with E-state index in [1.165, 1.54) is 25.4 Å². The van der Waals surface area contributed by atoms with Crippen molar-refractivity contribution in [1.82, 2.24) is 25.3 Å². The minimum Gasteiger partial charge on any atom is -0.479 e. The van der Waals surface area contributed by atoms with E-state index in [1.807, 2.05) is 39.8 Å². The molecule has 14 heteroatoms. The van der Waals surface area contributed by atoms with E-state index in [0.29, 0.717) is 18.1 Å². The normalized spacial score (nSPS) is 16.9. The first kappa shape index (κ1) is 33.1. The monoisotopic (exact) mass is 667 g/mol. The van der Waals surface area contributed by atoms with E-state index in [9.17, 15) is 13.2 Å². The number of halogens is 1. The molecule has 2 aromatic carbocycles. The summed E-state index contributed by atoms with van der Waals surface area (Å²) in [6.45, 7) is 7.59. The van der Waals surface area contributed by atoms with Crippen molar-refractivity contribution in [3.63, 3.8) is 0 Å². The number of carbonyl (C=O) groups excluding carboxylic acids is 1. The van der Waals surface area contributed by atoms with E-state index in [0.717, 1.165) is 47.7 Å².